The molecule has 0 saturated carbocycles. The molecule has 0 aliphatic heterocycles. The number of nitrogens with one attached hydrogen (secondary N) is 1. The van der Waals surface area contributed by atoms with E-state index in [0.29, 0.717) is 0 Å². The Morgan fingerprint density at radius 1 is 1.06 bits per heavy atom. The van der Waals surface area contributed by atoms with Crippen LogP contribution in [-0.4, -0.2) is 28.3 Å². The summed E-state index contributed by atoms with van der Waals surface area (Å²) >= 11 is 0. The van der Waals surface area contributed by atoms with Crippen LogP contribution in [0.3, 0.4) is 0 Å². The Morgan fingerprint density at radius 2 is 1.38 bits per heavy atom. The average Bonchev–Trinajstić information content (AvgIpc) is 1.79. The molecule has 1 radical (unpaired) electrons. The van der Waals surface area contributed by atoms with Gasteiger partial charge in [-0.15, -0.1) is 0 Å². The fourth-order valence-electron chi connectivity index (χ4n) is 0.772. The number of aliphatic carboxylic acids is 1. The van der Waals surface area contributed by atoms with Crippen molar-refractivity contribution in [3.63, 3.8) is 0 Å². The monoisotopic (exact) mass is 360 g/mol. The van der Waals surface area contributed by atoms with E-state index in [-0.39, 0.29) is 64.0 Å². The minimum absolute atomic E-state index is 0. The van der Waals surface area contributed by atoms with Crippen molar-refractivity contribution >= 4 is 12.1 Å². The predicted molar refractivity (Wildman–Crippen MR) is 61.3 cm³/mol. The van der Waals surface area contributed by atoms with Crippen LogP contribution >= 0.6 is 0 Å². The summed E-state index contributed by atoms with van der Waals surface area (Å²) in [6.07, 6.45) is -1.32. The Kier molecular flexibility index (Phi) is 21.6. The molecule has 6 heteroatoms. The molecule has 0 aromatic rings. The molecule has 95 valence electrons. The first kappa shape index (κ1) is 29.8. The maximum atomic E-state index is 10.6. The van der Waals surface area contributed by atoms with Crippen molar-refractivity contribution in [3.8, 4) is 0 Å². The Labute approximate surface area is 132 Å². The smallest absolute Gasteiger partial charge is 0.480 e. The van der Waals surface area contributed by atoms with Crippen molar-refractivity contribution < 1.29 is 61.5 Å². The number of carbonyl (C=O) groups is 2. The Bertz CT molecular complexity index is 201. The zero-order valence-corrected chi connectivity index (χ0v) is 13.9. The standard InChI is InChI=1S/C7H13NO4.3CH3.Ce/c1-7(2,3)4(5(9)10)8-6(11)12;;;;/h4,8H,1-3H3,(H,9,10)(H,11,12);3*1H3;/q;3*-1;+3/t4-;;;;/m1..../s1. The third-order valence-electron chi connectivity index (χ3n) is 1.38. The van der Waals surface area contributed by atoms with Crippen LogP contribution in [0.25, 0.3) is 0 Å². The van der Waals surface area contributed by atoms with Crippen LogP contribution in [0.1, 0.15) is 20.8 Å². The van der Waals surface area contributed by atoms with E-state index < -0.39 is 23.5 Å². The molecule has 0 fully saturated rings. The molecule has 0 spiro atoms. The Morgan fingerprint density at radius 3 is 1.44 bits per heavy atom. The van der Waals surface area contributed by atoms with Crippen LogP contribution in [0.5, 0.6) is 0 Å². The topological polar surface area (TPSA) is 86.6 Å². The zero-order chi connectivity index (χ0) is 9.94. The minimum atomic E-state index is -1.32. The van der Waals surface area contributed by atoms with E-state index in [2.05, 4.69) is 0 Å². The van der Waals surface area contributed by atoms with Crippen LogP contribution in [0.15, 0.2) is 0 Å². The van der Waals surface area contributed by atoms with Crippen molar-refractivity contribution in [1.82, 2.24) is 5.32 Å². The molecule has 0 unspecified atom stereocenters. The number of carboxylic acids is 1. The van der Waals surface area contributed by atoms with E-state index in [1.54, 1.807) is 20.8 Å². The number of hydrogen-bond donors (Lipinski definition) is 3. The zero-order valence-electron chi connectivity index (χ0n) is 10.8. The van der Waals surface area contributed by atoms with Crippen LogP contribution < -0.4 is 5.32 Å². The summed E-state index contributed by atoms with van der Waals surface area (Å²) in [4.78, 5) is 20.7. The molecule has 0 aliphatic carbocycles. The summed E-state index contributed by atoms with van der Waals surface area (Å²) in [5.41, 5.74) is -0.621. The molecular formula is C10H22CeNO4. The third-order valence-corrected chi connectivity index (χ3v) is 1.38. The largest absolute Gasteiger partial charge is 3.00 e. The summed E-state index contributed by atoms with van der Waals surface area (Å²) in [5, 5.41) is 18.9. The predicted octanol–water partition coefficient (Wildman–Crippen LogP) is 2.10. The van der Waals surface area contributed by atoms with E-state index in [4.69, 9.17) is 10.2 Å². The molecule has 3 N–H and O–H groups in total. The van der Waals surface area contributed by atoms with Gasteiger partial charge in [-0.3, -0.25) is 0 Å². The molecular weight excluding hydrogens is 338 g/mol. The quantitative estimate of drug-likeness (QED) is 0.658. The first-order valence-corrected chi connectivity index (χ1v) is 3.47. The average molecular weight is 360 g/mol. The summed E-state index contributed by atoms with van der Waals surface area (Å²) in [5.74, 6) is -1.16. The molecule has 0 saturated heterocycles. The van der Waals surface area contributed by atoms with Crippen molar-refractivity contribution in [2.75, 3.05) is 0 Å². The second-order valence-corrected chi connectivity index (χ2v) is 3.59. The van der Waals surface area contributed by atoms with E-state index in [9.17, 15) is 9.59 Å². The van der Waals surface area contributed by atoms with Gasteiger partial charge in [-0.05, 0) is 5.41 Å². The van der Waals surface area contributed by atoms with Crippen molar-refractivity contribution in [3.05, 3.63) is 22.3 Å². The molecule has 16 heavy (non-hydrogen) atoms. The van der Waals surface area contributed by atoms with Gasteiger partial charge in [-0.1, -0.05) is 20.8 Å². The maximum Gasteiger partial charge on any atom is 3.00 e. The Hall–Kier alpha value is 0.117. The second kappa shape index (κ2) is 11.6. The van der Waals surface area contributed by atoms with Gasteiger partial charge in [0.15, 0.2) is 0 Å². The fraction of sp³-hybridized carbons (Fsp3) is 0.500. The molecule has 5 nitrogen and oxygen atoms in total. The van der Waals surface area contributed by atoms with Crippen molar-refractivity contribution in [2.45, 2.75) is 26.8 Å². The SMILES string of the molecule is CC(C)(C)[C@H](NC(=O)O)C(=O)O.[CH3-].[CH3-].[CH3-].[Ce+3]. The van der Waals surface area contributed by atoms with Crippen LogP contribution in [0, 0.1) is 69.4 Å². The van der Waals surface area contributed by atoms with Crippen LogP contribution in [0.2, 0.25) is 0 Å². The summed E-state index contributed by atoms with van der Waals surface area (Å²) < 4.78 is 0. The normalized spacial score (nSPS) is 10.2. The molecule has 0 heterocycles. The number of carboxylic acid groups (broad SMARTS) is 2. The molecule has 1 atom stereocenters. The van der Waals surface area contributed by atoms with Gasteiger partial charge in [0.25, 0.3) is 0 Å². The second-order valence-electron chi connectivity index (χ2n) is 3.59. The van der Waals surface area contributed by atoms with E-state index in [0.717, 1.165) is 0 Å². The van der Waals surface area contributed by atoms with Gasteiger partial charge in [-0.2, -0.15) is 0 Å². The molecule has 0 aromatic carbocycles. The number of amides is 1. The molecule has 1 amide bonds. The van der Waals surface area contributed by atoms with E-state index >= 15 is 0 Å². The van der Waals surface area contributed by atoms with Gasteiger partial charge >= 0.3 is 53.8 Å². The number of hydrogen-bond acceptors (Lipinski definition) is 2. The van der Waals surface area contributed by atoms with Crippen LogP contribution in [0.4, 0.5) is 4.79 Å². The first-order valence-electron chi connectivity index (χ1n) is 3.47. The van der Waals surface area contributed by atoms with E-state index in [1.807, 2.05) is 5.32 Å². The van der Waals surface area contributed by atoms with Gasteiger partial charge in [-0.25, -0.2) is 9.59 Å². The van der Waals surface area contributed by atoms with Gasteiger partial charge < -0.3 is 37.8 Å². The minimum Gasteiger partial charge on any atom is -0.480 e. The van der Waals surface area contributed by atoms with Gasteiger partial charge in [0.1, 0.15) is 6.04 Å². The molecule has 0 rings (SSSR count). The fourth-order valence-corrected chi connectivity index (χ4v) is 0.772. The molecule has 0 bridgehead atoms. The van der Waals surface area contributed by atoms with E-state index in [1.165, 1.54) is 0 Å². The maximum absolute atomic E-state index is 10.6. The summed E-state index contributed by atoms with van der Waals surface area (Å²) in [6, 6.07) is -1.07. The van der Waals surface area contributed by atoms with Gasteiger partial charge in [0.2, 0.25) is 0 Å². The number of rotatable bonds is 2. The third kappa shape index (κ3) is 12.2. The molecule has 0 aromatic heterocycles. The van der Waals surface area contributed by atoms with Gasteiger partial charge in [0, 0.05) is 0 Å². The van der Waals surface area contributed by atoms with Crippen LogP contribution in [-0.2, 0) is 4.79 Å². The first-order chi connectivity index (χ1) is 5.25. The molecule has 0 aliphatic rings. The van der Waals surface area contributed by atoms with Crippen molar-refractivity contribution in [2.24, 2.45) is 5.41 Å². The van der Waals surface area contributed by atoms with Crippen molar-refractivity contribution in [1.29, 1.82) is 0 Å². The summed E-state index contributed by atoms with van der Waals surface area (Å²) in [7, 11) is 0. The Balaban J connectivity index is -0.000000101. The van der Waals surface area contributed by atoms with Gasteiger partial charge in [0.05, 0.1) is 0 Å². The summed E-state index contributed by atoms with van der Waals surface area (Å²) in [6.45, 7) is 4.96.